The molecule has 3 N–H and O–H groups in total. The van der Waals surface area contributed by atoms with Gasteiger partial charge in [-0.1, -0.05) is 36.4 Å². The van der Waals surface area contributed by atoms with Crippen molar-refractivity contribution in [3.05, 3.63) is 88.2 Å². The van der Waals surface area contributed by atoms with Crippen molar-refractivity contribution >= 4 is 11.7 Å². The minimum atomic E-state index is -0.948. The van der Waals surface area contributed by atoms with E-state index in [0.717, 1.165) is 42.8 Å². The summed E-state index contributed by atoms with van der Waals surface area (Å²) in [6.45, 7) is 7.09. The van der Waals surface area contributed by atoms with Gasteiger partial charge >= 0.3 is 5.97 Å². The molecule has 0 atom stereocenters. The smallest absolute Gasteiger partial charge is 0.303 e. The third-order valence-corrected chi connectivity index (χ3v) is 6.93. The van der Waals surface area contributed by atoms with Gasteiger partial charge in [0.05, 0.1) is 0 Å². The summed E-state index contributed by atoms with van der Waals surface area (Å²) in [6.07, 6.45) is 2.15. The number of aromatic hydroxyl groups is 1. The Morgan fingerprint density at radius 3 is 2.41 bits per heavy atom. The lowest BCUT2D eigenvalue weighted by atomic mass is 10.0. The monoisotopic (exact) mass is 506 g/mol. The SMILES string of the molecule is Cc1cccc(C)c1OC1CCN(Cc2ccc(CNc3ccc(CCC(=O)O)c(F)c3)cc2O)CC1. The Morgan fingerprint density at radius 2 is 1.76 bits per heavy atom. The number of nitrogens with one attached hydrogen (secondary N) is 1. The zero-order valence-electron chi connectivity index (χ0n) is 21.5. The number of nitrogens with zero attached hydrogens (tertiary/aromatic N) is 1. The summed E-state index contributed by atoms with van der Waals surface area (Å²) in [5.41, 5.74) is 5.09. The number of phenols is 1. The fraction of sp³-hybridized carbons (Fsp3) is 0.367. The van der Waals surface area contributed by atoms with Crippen LogP contribution in [0, 0.1) is 19.7 Å². The Labute approximate surface area is 217 Å². The van der Waals surface area contributed by atoms with Gasteiger partial charge in [-0.25, -0.2) is 4.39 Å². The largest absolute Gasteiger partial charge is 0.508 e. The van der Waals surface area contributed by atoms with Gasteiger partial charge in [-0.15, -0.1) is 0 Å². The maximum Gasteiger partial charge on any atom is 0.303 e. The molecular weight excluding hydrogens is 471 g/mol. The zero-order valence-corrected chi connectivity index (χ0v) is 21.5. The maximum atomic E-state index is 14.2. The first kappa shape index (κ1) is 26.5. The predicted molar refractivity (Wildman–Crippen MR) is 143 cm³/mol. The molecule has 1 fully saturated rings. The lowest BCUT2D eigenvalue weighted by Gasteiger charge is -2.33. The van der Waals surface area contributed by atoms with E-state index in [2.05, 4.69) is 42.3 Å². The molecule has 0 saturated carbocycles. The summed E-state index contributed by atoms with van der Waals surface area (Å²) in [5, 5.41) is 22.6. The first-order chi connectivity index (χ1) is 17.8. The summed E-state index contributed by atoms with van der Waals surface area (Å²) in [5.74, 6) is -0.118. The van der Waals surface area contributed by atoms with Crippen molar-refractivity contribution in [3.8, 4) is 11.5 Å². The van der Waals surface area contributed by atoms with Crippen molar-refractivity contribution in [2.75, 3.05) is 18.4 Å². The Balaban J connectivity index is 1.26. The number of carboxylic acids is 1. The average molecular weight is 507 g/mol. The normalized spacial score (nSPS) is 14.5. The number of phenolic OH excluding ortho intramolecular Hbond substituents is 1. The number of carboxylic acid groups (broad SMARTS) is 1. The number of likely N-dealkylation sites (tertiary alicyclic amines) is 1. The average Bonchev–Trinajstić information content (AvgIpc) is 2.87. The highest BCUT2D eigenvalue weighted by atomic mass is 19.1. The van der Waals surface area contributed by atoms with Gasteiger partial charge in [0.25, 0.3) is 0 Å². The van der Waals surface area contributed by atoms with Crippen molar-refractivity contribution in [2.45, 2.75) is 58.7 Å². The third kappa shape index (κ3) is 7.23. The second-order valence-electron chi connectivity index (χ2n) is 9.83. The van der Waals surface area contributed by atoms with Crippen LogP contribution in [0.15, 0.2) is 54.6 Å². The minimum Gasteiger partial charge on any atom is -0.508 e. The minimum absolute atomic E-state index is 0.103. The zero-order chi connectivity index (χ0) is 26.4. The van der Waals surface area contributed by atoms with E-state index in [1.165, 1.54) is 17.2 Å². The van der Waals surface area contributed by atoms with Crippen LogP contribution in [-0.4, -0.2) is 40.3 Å². The predicted octanol–water partition coefficient (Wildman–Crippen LogP) is 5.82. The van der Waals surface area contributed by atoms with E-state index < -0.39 is 11.8 Å². The molecule has 4 rings (SSSR count). The van der Waals surface area contributed by atoms with Gasteiger partial charge in [0.1, 0.15) is 23.4 Å². The number of anilines is 1. The fourth-order valence-electron chi connectivity index (χ4n) is 4.74. The molecule has 0 spiro atoms. The van der Waals surface area contributed by atoms with E-state index in [1.54, 1.807) is 18.2 Å². The second-order valence-corrected chi connectivity index (χ2v) is 9.83. The number of rotatable bonds is 10. The summed E-state index contributed by atoms with van der Waals surface area (Å²) >= 11 is 0. The molecule has 1 aliphatic rings. The van der Waals surface area contributed by atoms with Crippen molar-refractivity contribution in [3.63, 3.8) is 0 Å². The van der Waals surface area contributed by atoms with E-state index in [9.17, 15) is 14.3 Å². The van der Waals surface area contributed by atoms with Crippen LogP contribution in [0.2, 0.25) is 0 Å². The number of benzene rings is 3. The first-order valence-electron chi connectivity index (χ1n) is 12.8. The number of piperidine rings is 1. The molecule has 0 amide bonds. The molecule has 1 heterocycles. The number of halogens is 1. The quantitative estimate of drug-likeness (QED) is 0.321. The van der Waals surface area contributed by atoms with Crippen LogP contribution in [0.1, 0.15) is 47.1 Å². The maximum absolute atomic E-state index is 14.2. The Kier molecular flexibility index (Phi) is 8.66. The Hall–Kier alpha value is -3.58. The van der Waals surface area contributed by atoms with Crippen LogP contribution in [0.4, 0.5) is 10.1 Å². The highest BCUT2D eigenvalue weighted by Gasteiger charge is 2.22. The number of aliphatic carboxylic acids is 1. The van der Waals surface area contributed by atoms with E-state index in [1.807, 2.05) is 12.1 Å². The van der Waals surface area contributed by atoms with Gasteiger partial charge in [-0.3, -0.25) is 9.69 Å². The molecule has 3 aromatic rings. The van der Waals surface area contributed by atoms with Gasteiger partial charge in [-0.2, -0.15) is 0 Å². The lowest BCUT2D eigenvalue weighted by Crippen LogP contribution is -2.38. The van der Waals surface area contributed by atoms with Crippen molar-refractivity contribution in [1.29, 1.82) is 0 Å². The molecule has 196 valence electrons. The van der Waals surface area contributed by atoms with Gasteiger partial charge in [0.15, 0.2) is 0 Å². The van der Waals surface area contributed by atoms with Crippen molar-refractivity contribution in [1.82, 2.24) is 4.90 Å². The van der Waals surface area contributed by atoms with E-state index in [4.69, 9.17) is 9.84 Å². The van der Waals surface area contributed by atoms with Gasteiger partial charge in [0.2, 0.25) is 0 Å². The number of hydrogen-bond acceptors (Lipinski definition) is 5. The molecule has 1 saturated heterocycles. The lowest BCUT2D eigenvalue weighted by molar-refractivity contribution is -0.136. The van der Waals surface area contributed by atoms with Crippen molar-refractivity contribution in [2.24, 2.45) is 0 Å². The molecule has 3 aromatic carbocycles. The van der Waals surface area contributed by atoms with Crippen molar-refractivity contribution < 1.29 is 24.1 Å². The summed E-state index contributed by atoms with van der Waals surface area (Å²) in [6, 6.07) is 16.6. The molecule has 0 unspecified atom stereocenters. The molecule has 37 heavy (non-hydrogen) atoms. The molecule has 0 radical (unpaired) electrons. The van der Waals surface area contributed by atoms with E-state index in [0.29, 0.717) is 24.3 Å². The Morgan fingerprint density at radius 1 is 1.05 bits per heavy atom. The molecule has 7 heteroatoms. The fourth-order valence-corrected chi connectivity index (χ4v) is 4.74. The third-order valence-electron chi connectivity index (χ3n) is 6.93. The molecule has 0 aliphatic carbocycles. The number of para-hydroxylation sites is 1. The summed E-state index contributed by atoms with van der Waals surface area (Å²) in [4.78, 5) is 13.0. The van der Waals surface area contributed by atoms with Crippen LogP contribution in [-0.2, 0) is 24.3 Å². The molecular formula is C30H35FN2O4. The molecule has 0 bridgehead atoms. The topological polar surface area (TPSA) is 82.0 Å². The molecule has 1 aliphatic heterocycles. The van der Waals surface area contributed by atoms with Crippen LogP contribution in [0.5, 0.6) is 11.5 Å². The van der Waals surface area contributed by atoms with Crippen LogP contribution < -0.4 is 10.1 Å². The summed E-state index contributed by atoms with van der Waals surface area (Å²) in [7, 11) is 0. The molecule has 6 nitrogen and oxygen atoms in total. The van der Waals surface area contributed by atoms with Gasteiger partial charge in [-0.05, 0) is 73.6 Å². The highest BCUT2D eigenvalue weighted by molar-refractivity contribution is 5.67. The number of hydrogen-bond donors (Lipinski definition) is 3. The molecule has 0 aromatic heterocycles. The van der Waals surface area contributed by atoms with Crippen LogP contribution >= 0.6 is 0 Å². The number of ether oxygens (including phenoxy) is 1. The summed E-state index contributed by atoms with van der Waals surface area (Å²) < 4.78 is 20.6. The van der Waals surface area contributed by atoms with Gasteiger partial charge in [0, 0.05) is 43.9 Å². The van der Waals surface area contributed by atoms with E-state index >= 15 is 0 Å². The van der Waals surface area contributed by atoms with Crippen LogP contribution in [0.3, 0.4) is 0 Å². The first-order valence-corrected chi connectivity index (χ1v) is 12.8. The standard InChI is InChI=1S/C30H35FN2O4/c1-20-4-3-5-21(2)30(20)37-26-12-14-33(15-13-26)19-24-7-6-22(16-28(24)34)18-32-25-10-8-23(27(31)17-25)9-11-29(35)36/h3-8,10,16-17,26,32,34H,9,11-15,18-19H2,1-2H3,(H,35,36). The second kappa shape index (κ2) is 12.1. The van der Waals surface area contributed by atoms with Crippen LogP contribution in [0.25, 0.3) is 0 Å². The highest BCUT2D eigenvalue weighted by Crippen LogP contribution is 2.28. The van der Waals surface area contributed by atoms with Gasteiger partial charge < -0.3 is 20.3 Å². The number of aryl methyl sites for hydroxylation is 3. The van der Waals surface area contributed by atoms with E-state index in [-0.39, 0.29) is 24.7 Å². The Bertz CT molecular complexity index is 1220. The number of carbonyl (C=O) groups is 1.